The van der Waals surface area contributed by atoms with Gasteiger partial charge in [0.15, 0.2) is 0 Å². The van der Waals surface area contributed by atoms with Gasteiger partial charge in [0.05, 0.1) is 11.6 Å². The number of nitrogens with zero attached hydrogens (tertiary/aromatic N) is 1. The van der Waals surface area contributed by atoms with Crippen LogP contribution in [0.15, 0.2) is 54.7 Å². The van der Waals surface area contributed by atoms with Crippen molar-refractivity contribution in [2.24, 2.45) is 5.92 Å². The maximum atomic E-state index is 8.78. The molecule has 0 saturated carbocycles. The highest BCUT2D eigenvalue weighted by Gasteiger charge is 2.01. The number of allylic oxidation sites excluding steroid dienone is 4. The molecule has 0 spiro atoms. The molecule has 1 nitrogen and oxygen atoms in total. The van der Waals surface area contributed by atoms with E-state index in [0.717, 1.165) is 17.6 Å². The lowest BCUT2D eigenvalue weighted by molar-refractivity contribution is 0.835. The van der Waals surface area contributed by atoms with E-state index in [1.54, 1.807) is 0 Å². The lowest BCUT2D eigenvalue weighted by Gasteiger charge is -2.06. The van der Waals surface area contributed by atoms with E-state index in [9.17, 15) is 0 Å². The molecule has 0 saturated heterocycles. The summed E-state index contributed by atoms with van der Waals surface area (Å²) in [7, 11) is 0. The van der Waals surface area contributed by atoms with Gasteiger partial charge in [-0.1, -0.05) is 63.6 Å². The Morgan fingerprint density at radius 3 is 2.13 bits per heavy atom. The summed E-state index contributed by atoms with van der Waals surface area (Å²) in [5.74, 6) is 0.648. The molecule has 0 heterocycles. The Kier molecular flexibility index (Phi) is 13.7. The Hall–Kier alpha value is -2.07. The van der Waals surface area contributed by atoms with Gasteiger partial charge in [0, 0.05) is 0 Å². The standard InChI is InChI=1S/C15H17N.C5H10.C2H6/c1-11(2)7-12(3)8-15-6-5-14(10-16)9-13(15)4;1-4-5(2)3;1-2/h5-7,9H,3,8H2,1-2,4H3;4-5H,1H2,2-3H3;1-2H3. The summed E-state index contributed by atoms with van der Waals surface area (Å²) in [5, 5.41) is 8.78. The van der Waals surface area contributed by atoms with Gasteiger partial charge < -0.3 is 0 Å². The van der Waals surface area contributed by atoms with Crippen molar-refractivity contribution in [1.82, 2.24) is 0 Å². The van der Waals surface area contributed by atoms with Crippen LogP contribution >= 0.6 is 0 Å². The molecule has 0 fully saturated rings. The average Bonchev–Trinajstić information content (AvgIpc) is 2.51. The van der Waals surface area contributed by atoms with Crippen LogP contribution in [0.4, 0.5) is 0 Å². The van der Waals surface area contributed by atoms with Gasteiger partial charge in [-0.3, -0.25) is 0 Å². The highest BCUT2D eigenvalue weighted by Crippen LogP contribution is 2.15. The third-order valence-electron chi connectivity index (χ3n) is 2.85. The summed E-state index contributed by atoms with van der Waals surface area (Å²) >= 11 is 0. The van der Waals surface area contributed by atoms with E-state index in [-0.39, 0.29) is 0 Å². The largest absolute Gasteiger partial charge is 0.192 e. The van der Waals surface area contributed by atoms with Gasteiger partial charge in [0.25, 0.3) is 0 Å². The van der Waals surface area contributed by atoms with Gasteiger partial charge in [-0.2, -0.15) is 5.26 Å². The summed E-state index contributed by atoms with van der Waals surface area (Å²) in [6.07, 6.45) is 4.86. The number of rotatable bonds is 4. The third-order valence-corrected chi connectivity index (χ3v) is 2.85. The molecule has 1 aromatic rings. The number of nitriles is 1. The molecule has 0 aliphatic rings. The second-order valence-electron chi connectivity index (χ2n) is 5.79. The fourth-order valence-electron chi connectivity index (χ4n) is 1.67. The molecule has 126 valence electrons. The predicted molar refractivity (Wildman–Crippen MR) is 105 cm³/mol. The maximum Gasteiger partial charge on any atom is 0.0991 e. The van der Waals surface area contributed by atoms with Crippen molar-refractivity contribution in [3.8, 4) is 6.07 Å². The van der Waals surface area contributed by atoms with Crippen molar-refractivity contribution in [3.05, 3.63) is 71.3 Å². The molecular formula is C22H33N. The van der Waals surface area contributed by atoms with E-state index in [1.165, 1.54) is 11.1 Å². The molecular weight excluding hydrogens is 278 g/mol. The molecule has 23 heavy (non-hydrogen) atoms. The average molecular weight is 312 g/mol. The fraction of sp³-hybridized carbons (Fsp3) is 0.409. The Morgan fingerprint density at radius 2 is 1.78 bits per heavy atom. The first-order valence-corrected chi connectivity index (χ1v) is 8.25. The highest BCUT2D eigenvalue weighted by atomic mass is 14.2. The molecule has 0 bridgehead atoms. The molecule has 0 unspecified atom stereocenters. The summed E-state index contributed by atoms with van der Waals surface area (Å²) < 4.78 is 0. The maximum absolute atomic E-state index is 8.78. The van der Waals surface area contributed by atoms with Gasteiger partial charge in [-0.15, -0.1) is 6.58 Å². The van der Waals surface area contributed by atoms with Crippen LogP contribution in [0.5, 0.6) is 0 Å². The third kappa shape index (κ3) is 12.2. The van der Waals surface area contributed by atoms with Crippen LogP contribution < -0.4 is 0 Å². The monoisotopic (exact) mass is 311 g/mol. The van der Waals surface area contributed by atoms with Gasteiger partial charge in [0.1, 0.15) is 0 Å². The Labute approximate surface area is 144 Å². The first-order valence-electron chi connectivity index (χ1n) is 8.25. The van der Waals surface area contributed by atoms with Crippen LogP contribution in [-0.4, -0.2) is 0 Å². The Balaban J connectivity index is 0. The SMILES string of the molecule is C=C(C=C(C)C)Cc1ccc(C#N)cc1C.C=CC(C)C.CC. The summed E-state index contributed by atoms with van der Waals surface area (Å²) in [6.45, 7) is 22.0. The fourth-order valence-corrected chi connectivity index (χ4v) is 1.67. The van der Waals surface area contributed by atoms with Crippen LogP contribution in [0.25, 0.3) is 0 Å². The zero-order chi connectivity index (χ0) is 18.4. The van der Waals surface area contributed by atoms with Crippen molar-refractivity contribution < 1.29 is 0 Å². The summed E-state index contributed by atoms with van der Waals surface area (Å²) in [6, 6.07) is 7.94. The first-order chi connectivity index (χ1) is 10.8. The zero-order valence-corrected chi connectivity index (χ0v) is 16.0. The van der Waals surface area contributed by atoms with E-state index in [0.29, 0.717) is 11.5 Å². The summed E-state index contributed by atoms with van der Waals surface area (Å²) in [4.78, 5) is 0. The minimum Gasteiger partial charge on any atom is -0.192 e. The van der Waals surface area contributed by atoms with Crippen molar-refractivity contribution in [3.63, 3.8) is 0 Å². The van der Waals surface area contributed by atoms with Crippen molar-refractivity contribution >= 4 is 0 Å². The molecule has 0 aromatic heterocycles. The number of benzene rings is 1. The second-order valence-corrected chi connectivity index (χ2v) is 5.79. The van der Waals surface area contributed by atoms with Crippen molar-refractivity contribution in [2.45, 2.75) is 54.9 Å². The normalized spacial score (nSPS) is 8.65. The molecule has 1 heteroatoms. The molecule has 0 aliphatic carbocycles. The quantitative estimate of drug-likeness (QED) is 0.444. The first kappa shape index (κ1) is 23.2. The molecule has 1 rings (SSSR count). The minimum atomic E-state index is 0.648. The van der Waals surface area contributed by atoms with Crippen LogP contribution in [0, 0.1) is 24.2 Å². The summed E-state index contributed by atoms with van der Waals surface area (Å²) in [5.41, 5.74) is 5.47. The number of hydrogen-bond donors (Lipinski definition) is 0. The Bertz CT molecular complexity index is 550. The zero-order valence-electron chi connectivity index (χ0n) is 16.0. The minimum absolute atomic E-state index is 0.648. The molecule has 0 aliphatic heterocycles. The van der Waals surface area contributed by atoms with Crippen LogP contribution in [-0.2, 0) is 6.42 Å². The van der Waals surface area contributed by atoms with E-state index in [1.807, 2.05) is 45.0 Å². The van der Waals surface area contributed by atoms with E-state index < -0.39 is 0 Å². The smallest absolute Gasteiger partial charge is 0.0991 e. The van der Waals surface area contributed by atoms with Crippen LogP contribution in [0.1, 0.15) is 58.2 Å². The molecule has 0 radical (unpaired) electrons. The highest BCUT2D eigenvalue weighted by molar-refractivity contribution is 5.40. The lowest BCUT2D eigenvalue weighted by Crippen LogP contribution is -1.92. The lowest BCUT2D eigenvalue weighted by atomic mass is 9.99. The second kappa shape index (κ2) is 13.6. The van der Waals surface area contributed by atoms with Gasteiger partial charge in [0.2, 0.25) is 0 Å². The molecule has 0 atom stereocenters. The van der Waals surface area contributed by atoms with E-state index >= 15 is 0 Å². The van der Waals surface area contributed by atoms with E-state index in [2.05, 4.69) is 53.0 Å². The van der Waals surface area contributed by atoms with Crippen molar-refractivity contribution in [2.75, 3.05) is 0 Å². The molecule has 0 amide bonds. The predicted octanol–water partition coefficient (Wildman–Crippen LogP) is 6.79. The number of hydrogen-bond acceptors (Lipinski definition) is 1. The number of aryl methyl sites for hydroxylation is 1. The van der Waals surface area contributed by atoms with Crippen molar-refractivity contribution in [1.29, 1.82) is 5.26 Å². The van der Waals surface area contributed by atoms with Gasteiger partial charge in [-0.05, 0) is 56.4 Å². The van der Waals surface area contributed by atoms with E-state index in [4.69, 9.17) is 5.26 Å². The Morgan fingerprint density at radius 1 is 1.26 bits per heavy atom. The van der Waals surface area contributed by atoms with Gasteiger partial charge in [-0.25, -0.2) is 0 Å². The van der Waals surface area contributed by atoms with Gasteiger partial charge >= 0.3 is 0 Å². The van der Waals surface area contributed by atoms with Crippen LogP contribution in [0.2, 0.25) is 0 Å². The topological polar surface area (TPSA) is 23.8 Å². The molecule has 1 aromatic carbocycles. The van der Waals surface area contributed by atoms with Crippen LogP contribution in [0.3, 0.4) is 0 Å². The molecule has 0 N–H and O–H groups in total.